The van der Waals surface area contributed by atoms with E-state index in [4.69, 9.17) is 26.8 Å². The third-order valence-corrected chi connectivity index (χ3v) is 3.54. The van der Waals surface area contributed by atoms with Crippen molar-refractivity contribution in [2.45, 2.75) is 25.8 Å². The second kappa shape index (κ2) is 18.1. The van der Waals surface area contributed by atoms with E-state index in [1.807, 2.05) is 0 Å². The van der Waals surface area contributed by atoms with E-state index in [0.717, 1.165) is 0 Å². The van der Waals surface area contributed by atoms with Crippen LogP contribution in [0.2, 0.25) is 5.82 Å². The maximum atomic E-state index is 11.2. The van der Waals surface area contributed by atoms with Gasteiger partial charge in [0.1, 0.15) is 12.7 Å². The summed E-state index contributed by atoms with van der Waals surface area (Å²) in [6.07, 6.45) is -0.782. The number of esters is 2. The molecule has 0 aliphatic rings. The summed E-state index contributed by atoms with van der Waals surface area (Å²) < 4.78 is 20.6. The molecule has 3 N–H and O–H groups in total. The Balaban J connectivity index is 3.36. The highest BCUT2D eigenvalue weighted by Gasteiger charge is 2.09. The van der Waals surface area contributed by atoms with E-state index >= 15 is 0 Å². The predicted molar refractivity (Wildman–Crippen MR) is 114 cm³/mol. The van der Waals surface area contributed by atoms with Gasteiger partial charge in [-0.1, -0.05) is 13.2 Å². The maximum Gasteiger partial charge on any atom is 0.333 e. The molecule has 0 aromatic rings. The standard InChI is InChI=1S/C20H35BN2O7/c1-15(2)19(25)29-13-17(21)11-22-5-7-27-9-10-28-8-6-23-12-18(24)14-30-20(26)16(3)4/h17-18,22-24H,1,3,5-14H2,2,4H3. The number of carbonyl (C=O) groups is 2. The number of nitrogens with one attached hydrogen (secondary N) is 2. The number of hydrogen-bond donors (Lipinski definition) is 3. The van der Waals surface area contributed by atoms with Gasteiger partial charge in [-0.15, -0.1) is 0 Å². The summed E-state index contributed by atoms with van der Waals surface area (Å²) in [7, 11) is 5.83. The average Bonchev–Trinajstić information content (AvgIpc) is 2.70. The van der Waals surface area contributed by atoms with Gasteiger partial charge in [0.05, 0.1) is 40.9 Å². The molecule has 0 fully saturated rings. The molecule has 0 aromatic heterocycles. The molecule has 0 rings (SSSR count). The zero-order chi connectivity index (χ0) is 22.8. The van der Waals surface area contributed by atoms with E-state index < -0.39 is 18.0 Å². The van der Waals surface area contributed by atoms with Gasteiger partial charge < -0.3 is 34.7 Å². The van der Waals surface area contributed by atoms with Gasteiger partial charge in [-0.25, -0.2) is 9.59 Å². The van der Waals surface area contributed by atoms with E-state index in [2.05, 4.69) is 23.8 Å². The number of hydrogen-bond acceptors (Lipinski definition) is 9. The van der Waals surface area contributed by atoms with Gasteiger partial charge in [0.2, 0.25) is 0 Å². The van der Waals surface area contributed by atoms with Crippen LogP contribution >= 0.6 is 0 Å². The lowest BCUT2D eigenvalue weighted by Crippen LogP contribution is -2.33. The first-order valence-corrected chi connectivity index (χ1v) is 9.89. The lowest BCUT2D eigenvalue weighted by atomic mass is 9.88. The summed E-state index contributed by atoms with van der Waals surface area (Å²) in [6.45, 7) is 14.0. The van der Waals surface area contributed by atoms with Gasteiger partial charge in [0.25, 0.3) is 0 Å². The van der Waals surface area contributed by atoms with Gasteiger partial charge in [-0.3, -0.25) is 0 Å². The van der Waals surface area contributed by atoms with E-state index in [-0.39, 0.29) is 19.0 Å². The van der Waals surface area contributed by atoms with Crippen molar-refractivity contribution in [2.75, 3.05) is 65.8 Å². The molecule has 0 heterocycles. The SMILES string of the molecule is [B]C(CNCCOCCOCCNCC(O)COC(=O)C(=C)C)COC(=O)C(=C)C. The van der Waals surface area contributed by atoms with E-state index in [1.165, 1.54) is 0 Å². The van der Waals surface area contributed by atoms with Crippen LogP contribution < -0.4 is 10.6 Å². The van der Waals surface area contributed by atoms with Crippen LogP contribution in [0.25, 0.3) is 0 Å². The highest BCUT2D eigenvalue weighted by atomic mass is 16.5. The number of rotatable bonds is 19. The lowest BCUT2D eigenvalue weighted by molar-refractivity contribution is -0.142. The summed E-state index contributed by atoms with van der Waals surface area (Å²) in [5, 5.41) is 15.8. The van der Waals surface area contributed by atoms with Crippen LogP contribution in [0, 0.1) is 0 Å². The van der Waals surface area contributed by atoms with Crippen molar-refractivity contribution < 1.29 is 33.6 Å². The Labute approximate surface area is 180 Å². The fourth-order valence-electron chi connectivity index (χ4n) is 1.89. The minimum atomic E-state index is -0.782. The Morgan fingerprint density at radius 3 is 1.83 bits per heavy atom. The average molecular weight is 426 g/mol. The molecule has 9 nitrogen and oxygen atoms in total. The highest BCUT2D eigenvalue weighted by molar-refractivity contribution is 6.12. The van der Waals surface area contributed by atoms with Crippen molar-refractivity contribution in [3.63, 3.8) is 0 Å². The molecule has 0 bridgehead atoms. The van der Waals surface area contributed by atoms with Gasteiger partial charge in [0.15, 0.2) is 0 Å². The zero-order valence-corrected chi connectivity index (χ0v) is 18.1. The smallest absolute Gasteiger partial charge is 0.333 e. The Morgan fingerprint density at radius 2 is 1.33 bits per heavy atom. The third kappa shape index (κ3) is 17.2. The maximum absolute atomic E-state index is 11.2. The van der Waals surface area contributed by atoms with Crippen LogP contribution in [-0.4, -0.2) is 96.8 Å². The zero-order valence-electron chi connectivity index (χ0n) is 18.1. The Bertz CT molecular complexity index is 485. The topological polar surface area (TPSA) is 115 Å². The Hall–Kier alpha value is -1.72. The molecule has 2 atom stereocenters. The summed E-state index contributed by atoms with van der Waals surface area (Å²) in [4.78, 5) is 22.4. The number of aliphatic hydroxyl groups is 1. The monoisotopic (exact) mass is 426 g/mol. The fourth-order valence-corrected chi connectivity index (χ4v) is 1.89. The quantitative estimate of drug-likeness (QED) is 0.111. The minimum Gasteiger partial charge on any atom is -0.463 e. The first-order valence-electron chi connectivity index (χ1n) is 9.89. The molecule has 0 amide bonds. The second-order valence-electron chi connectivity index (χ2n) is 6.80. The van der Waals surface area contributed by atoms with Crippen LogP contribution in [0.5, 0.6) is 0 Å². The van der Waals surface area contributed by atoms with Crippen molar-refractivity contribution in [1.29, 1.82) is 0 Å². The van der Waals surface area contributed by atoms with Crippen molar-refractivity contribution >= 4 is 19.8 Å². The molecular weight excluding hydrogens is 391 g/mol. The normalized spacial score (nSPS) is 12.8. The van der Waals surface area contributed by atoms with Gasteiger partial charge in [-0.2, -0.15) is 0 Å². The lowest BCUT2D eigenvalue weighted by Gasteiger charge is -2.14. The summed E-state index contributed by atoms with van der Waals surface area (Å²) >= 11 is 0. The molecule has 0 spiro atoms. The van der Waals surface area contributed by atoms with E-state index in [1.54, 1.807) is 13.8 Å². The Morgan fingerprint density at radius 1 is 0.867 bits per heavy atom. The molecule has 170 valence electrons. The summed E-state index contributed by atoms with van der Waals surface area (Å²) in [5.74, 6) is -1.25. The van der Waals surface area contributed by atoms with Gasteiger partial charge in [-0.05, 0) is 26.2 Å². The first kappa shape index (κ1) is 28.3. The predicted octanol–water partition coefficient (Wildman–Crippen LogP) is -0.245. The number of aliphatic hydroxyl groups excluding tert-OH is 1. The molecule has 0 aliphatic carbocycles. The minimum absolute atomic E-state index is 0.0774. The highest BCUT2D eigenvalue weighted by Crippen LogP contribution is 2.00. The van der Waals surface area contributed by atoms with Crippen molar-refractivity contribution in [3.05, 3.63) is 24.3 Å². The van der Waals surface area contributed by atoms with Crippen LogP contribution in [0.3, 0.4) is 0 Å². The van der Waals surface area contributed by atoms with Crippen molar-refractivity contribution in [2.24, 2.45) is 0 Å². The Kier molecular flexibility index (Phi) is 17.1. The molecule has 0 aromatic carbocycles. The molecule has 0 aliphatic heterocycles. The van der Waals surface area contributed by atoms with Crippen molar-refractivity contribution in [3.8, 4) is 0 Å². The van der Waals surface area contributed by atoms with E-state index in [9.17, 15) is 14.7 Å². The first-order chi connectivity index (χ1) is 14.2. The van der Waals surface area contributed by atoms with Crippen LogP contribution in [0.15, 0.2) is 24.3 Å². The molecule has 2 unspecified atom stereocenters. The van der Waals surface area contributed by atoms with Crippen molar-refractivity contribution in [1.82, 2.24) is 10.6 Å². The van der Waals surface area contributed by atoms with Gasteiger partial charge in [0, 0.05) is 30.8 Å². The molecule has 30 heavy (non-hydrogen) atoms. The number of ether oxygens (including phenoxy) is 4. The van der Waals surface area contributed by atoms with Crippen LogP contribution in [0.4, 0.5) is 0 Å². The number of carbonyl (C=O) groups excluding carboxylic acids is 2. The summed E-state index contributed by atoms with van der Waals surface area (Å²) in [5.41, 5.74) is 0.646. The molecule has 0 saturated carbocycles. The fraction of sp³-hybridized carbons (Fsp3) is 0.700. The summed E-state index contributed by atoms with van der Waals surface area (Å²) in [6, 6.07) is 0. The molecular formula is C20H35BN2O7. The van der Waals surface area contributed by atoms with Crippen LogP contribution in [-0.2, 0) is 28.5 Å². The molecule has 2 radical (unpaired) electrons. The molecule has 0 saturated heterocycles. The van der Waals surface area contributed by atoms with Crippen LogP contribution in [0.1, 0.15) is 13.8 Å². The third-order valence-electron chi connectivity index (χ3n) is 3.54. The van der Waals surface area contributed by atoms with E-state index in [0.29, 0.717) is 63.8 Å². The molecule has 10 heteroatoms. The second-order valence-corrected chi connectivity index (χ2v) is 6.80. The van der Waals surface area contributed by atoms with Gasteiger partial charge >= 0.3 is 11.9 Å². The largest absolute Gasteiger partial charge is 0.463 e.